The van der Waals surface area contributed by atoms with Gasteiger partial charge in [0.2, 0.25) is 0 Å². The van der Waals surface area contributed by atoms with E-state index in [1.807, 2.05) is 24.4 Å². The summed E-state index contributed by atoms with van der Waals surface area (Å²) in [6.07, 6.45) is 7.20. The summed E-state index contributed by atoms with van der Waals surface area (Å²) in [4.78, 5) is 18.4. The smallest absolute Gasteiger partial charge is 0.191 e. The summed E-state index contributed by atoms with van der Waals surface area (Å²) in [5, 5.41) is 7.64. The van der Waals surface area contributed by atoms with Crippen LogP contribution in [0.25, 0.3) is 0 Å². The Bertz CT molecular complexity index is 872. The van der Waals surface area contributed by atoms with Crippen molar-refractivity contribution in [2.24, 2.45) is 4.99 Å². The van der Waals surface area contributed by atoms with Gasteiger partial charge < -0.3 is 20.4 Å². The minimum absolute atomic E-state index is 0. The van der Waals surface area contributed by atoms with E-state index in [0.717, 1.165) is 56.7 Å². The molecule has 31 heavy (non-hydrogen) atoms. The number of aromatic nitrogens is 2. The van der Waals surface area contributed by atoms with Crippen molar-refractivity contribution in [1.82, 2.24) is 20.6 Å². The second-order valence-electron chi connectivity index (χ2n) is 7.80. The third kappa shape index (κ3) is 6.35. The zero-order valence-corrected chi connectivity index (χ0v) is 21.0. The Morgan fingerprint density at radius 3 is 2.77 bits per heavy atom. The molecule has 168 valence electrons. The predicted molar refractivity (Wildman–Crippen MR) is 139 cm³/mol. The zero-order valence-electron chi connectivity index (χ0n) is 17.9. The van der Waals surface area contributed by atoms with Crippen LogP contribution in [-0.4, -0.2) is 54.7 Å². The first kappa shape index (κ1) is 23.8. The summed E-state index contributed by atoms with van der Waals surface area (Å²) in [5.74, 6) is 2.77. The van der Waals surface area contributed by atoms with E-state index < -0.39 is 0 Å². The Morgan fingerprint density at radius 1 is 1.16 bits per heavy atom. The van der Waals surface area contributed by atoms with Gasteiger partial charge in [0.1, 0.15) is 11.6 Å². The largest absolute Gasteiger partial charge is 0.357 e. The van der Waals surface area contributed by atoms with Crippen LogP contribution in [-0.2, 0) is 6.54 Å². The number of nitrogens with one attached hydrogen (secondary N) is 2. The highest BCUT2D eigenvalue weighted by molar-refractivity contribution is 14.0. The molecule has 0 saturated carbocycles. The average molecular weight is 556 g/mol. The van der Waals surface area contributed by atoms with Crippen molar-refractivity contribution in [3.63, 3.8) is 0 Å². The summed E-state index contributed by atoms with van der Waals surface area (Å²) in [6.45, 7) is 7.52. The van der Waals surface area contributed by atoms with Crippen LogP contribution in [0, 0.1) is 0 Å². The molecule has 2 aliphatic rings. The molecule has 0 radical (unpaired) electrons. The number of halogens is 2. The molecule has 1 atom stereocenters. The number of anilines is 2. The lowest BCUT2D eigenvalue weighted by atomic mass is 10.2. The van der Waals surface area contributed by atoms with E-state index in [4.69, 9.17) is 16.6 Å². The van der Waals surface area contributed by atoms with Gasteiger partial charge in [-0.25, -0.2) is 15.0 Å². The molecule has 2 fully saturated rings. The van der Waals surface area contributed by atoms with Gasteiger partial charge in [0.15, 0.2) is 5.96 Å². The molecule has 0 amide bonds. The van der Waals surface area contributed by atoms with E-state index in [1.54, 1.807) is 6.20 Å². The van der Waals surface area contributed by atoms with Crippen molar-refractivity contribution in [1.29, 1.82) is 0 Å². The van der Waals surface area contributed by atoms with Crippen LogP contribution in [0.5, 0.6) is 0 Å². The molecule has 4 rings (SSSR count). The number of nitrogens with zero attached hydrogens (tertiary/aromatic N) is 5. The molecule has 1 unspecified atom stereocenters. The molecule has 2 saturated heterocycles. The van der Waals surface area contributed by atoms with Gasteiger partial charge >= 0.3 is 0 Å². The maximum Gasteiger partial charge on any atom is 0.191 e. The second-order valence-corrected chi connectivity index (χ2v) is 8.20. The van der Waals surface area contributed by atoms with Crippen LogP contribution >= 0.6 is 35.6 Å². The van der Waals surface area contributed by atoms with Crippen molar-refractivity contribution < 1.29 is 0 Å². The molecule has 9 heteroatoms. The molecule has 0 spiro atoms. The monoisotopic (exact) mass is 555 g/mol. The van der Waals surface area contributed by atoms with E-state index in [-0.39, 0.29) is 24.0 Å². The van der Waals surface area contributed by atoms with Crippen molar-refractivity contribution in [2.75, 3.05) is 42.5 Å². The van der Waals surface area contributed by atoms with Crippen LogP contribution in [0.15, 0.2) is 41.7 Å². The Kier molecular flexibility index (Phi) is 9.01. The topological polar surface area (TPSA) is 68.7 Å². The first-order chi connectivity index (χ1) is 14.7. The minimum Gasteiger partial charge on any atom is -0.357 e. The van der Waals surface area contributed by atoms with Gasteiger partial charge in [0.05, 0.1) is 11.6 Å². The molecule has 0 aromatic carbocycles. The highest BCUT2D eigenvalue weighted by Gasteiger charge is 2.25. The maximum absolute atomic E-state index is 6.32. The van der Waals surface area contributed by atoms with Crippen molar-refractivity contribution in [3.05, 3.63) is 47.2 Å². The fraction of sp³-hybridized carbons (Fsp3) is 0.500. The second kappa shape index (κ2) is 11.7. The van der Waals surface area contributed by atoms with E-state index in [0.29, 0.717) is 17.6 Å². The predicted octanol–water partition coefficient (Wildman–Crippen LogP) is 3.68. The highest BCUT2D eigenvalue weighted by atomic mass is 127. The molecule has 0 aliphatic carbocycles. The summed E-state index contributed by atoms with van der Waals surface area (Å²) >= 11 is 6.32. The normalized spacial score (nSPS) is 18.8. The van der Waals surface area contributed by atoms with Gasteiger partial charge in [-0.2, -0.15) is 0 Å². The Balaban J connectivity index is 0.00000272. The average Bonchev–Trinajstić information content (AvgIpc) is 3.45. The Morgan fingerprint density at radius 2 is 2.00 bits per heavy atom. The molecule has 7 nitrogen and oxygen atoms in total. The Hall–Kier alpha value is -1.81. The lowest BCUT2D eigenvalue weighted by Gasteiger charge is -2.20. The Labute approximate surface area is 206 Å². The van der Waals surface area contributed by atoms with E-state index >= 15 is 0 Å². The minimum atomic E-state index is 0. The van der Waals surface area contributed by atoms with Crippen molar-refractivity contribution in [2.45, 2.75) is 38.8 Å². The molecular weight excluding hydrogens is 525 g/mol. The number of guanidine groups is 1. The molecule has 2 aliphatic heterocycles. The molecule has 2 N–H and O–H groups in total. The van der Waals surface area contributed by atoms with Crippen LogP contribution in [0.4, 0.5) is 11.6 Å². The van der Waals surface area contributed by atoms with Gasteiger partial charge in [-0.15, -0.1) is 24.0 Å². The third-order valence-corrected chi connectivity index (χ3v) is 5.87. The molecule has 4 heterocycles. The van der Waals surface area contributed by atoms with Crippen LogP contribution in [0.3, 0.4) is 0 Å². The number of pyridine rings is 2. The quantitative estimate of drug-likeness (QED) is 0.322. The summed E-state index contributed by atoms with van der Waals surface area (Å²) in [7, 11) is 0. The fourth-order valence-electron chi connectivity index (χ4n) is 4.04. The lowest BCUT2D eigenvalue weighted by molar-refractivity contribution is 0.648. The summed E-state index contributed by atoms with van der Waals surface area (Å²) < 4.78 is 0. The fourth-order valence-corrected chi connectivity index (χ4v) is 4.28. The third-order valence-electron chi connectivity index (χ3n) is 5.57. The highest BCUT2D eigenvalue weighted by Crippen LogP contribution is 2.25. The standard InChI is InChI=1S/C22H30ClN7.HI/c1-2-24-22(27-15-17-7-10-25-20(14-17)29-11-3-4-12-29)28-18-8-13-30(16-18)21-19(23)6-5-9-26-21;/h5-7,9-10,14,18H,2-4,8,11-13,15-16H2,1H3,(H2,24,27,28);1H. The number of aliphatic imine (C=N–C) groups is 1. The number of hydrogen-bond acceptors (Lipinski definition) is 5. The van der Waals surface area contributed by atoms with Crippen LogP contribution in [0.1, 0.15) is 31.7 Å². The zero-order chi connectivity index (χ0) is 20.8. The molecule has 2 aromatic heterocycles. The number of rotatable bonds is 6. The van der Waals surface area contributed by atoms with Gasteiger partial charge in [0.25, 0.3) is 0 Å². The van der Waals surface area contributed by atoms with E-state index in [1.165, 1.54) is 18.4 Å². The van der Waals surface area contributed by atoms with Crippen molar-refractivity contribution in [3.8, 4) is 0 Å². The first-order valence-corrected chi connectivity index (χ1v) is 11.2. The molecular formula is C22H31ClIN7. The van der Waals surface area contributed by atoms with Crippen LogP contribution < -0.4 is 20.4 Å². The van der Waals surface area contributed by atoms with E-state index in [2.05, 4.69) is 43.4 Å². The summed E-state index contributed by atoms with van der Waals surface area (Å²) in [5.41, 5.74) is 1.18. The SMILES string of the molecule is CCNC(=NCc1ccnc(N2CCCC2)c1)NC1CCN(c2ncccc2Cl)C1.I. The van der Waals surface area contributed by atoms with Crippen molar-refractivity contribution >= 4 is 53.2 Å². The summed E-state index contributed by atoms with van der Waals surface area (Å²) in [6, 6.07) is 8.27. The number of hydrogen-bond donors (Lipinski definition) is 2. The van der Waals surface area contributed by atoms with Crippen LogP contribution in [0.2, 0.25) is 5.02 Å². The van der Waals surface area contributed by atoms with Gasteiger partial charge in [-0.05, 0) is 56.0 Å². The van der Waals surface area contributed by atoms with Gasteiger partial charge in [-0.1, -0.05) is 11.6 Å². The molecule has 0 bridgehead atoms. The first-order valence-electron chi connectivity index (χ1n) is 10.8. The van der Waals surface area contributed by atoms with E-state index in [9.17, 15) is 0 Å². The lowest BCUT2D eigenvalue weighted by Crippen LogP contribution is -2.44. The van der Waals surface area contributed by atoms with Gasteiger partial charge in [-0.3, -0.25) is 0 Å². The maximum atomic E-state index is 6.32. The van der Waals surface area contributed by atoms with Gasteiger partial charge in [0, 0.05) is 51.2 Å². The molecule has 2 aromatic rings.